The first-order valence-corrected chi connectivity index (χ1v) is 13.7. The minimum Gasteiger partial charge on any atom is -0.494 e. The lowest BCUT2D eigenvalue weighted by Gasteiger charge is -2.38. The molecule has 198 valence electrons. The van der Waals surface area contributed by atoms with Gasteiger partial charge in [0.15, 0.2) is 17.3 Å². The fourth-order valence-electron chi connectivity index (χ4n) is 6.76. The second-order valence-electron chi connectivity index (χ2n) is 11.5. The lowest BCUT2D eigenvalue weighted by atomic mass is 9.63. The van der Waals surface area contributed by atoms with E-state index in [0.29, 0.717) is 34.1 Å². The van der Waals surface area contributed by atoms with E-state index in [1.165, 1.54) is 0 Å². The quantitative estimate of drug-likeness (QED) is 0.342. The van der Waals surface area contributed by atoms with E-state index < -0.39 is 28.8 Å². The number of halogens is 1. The van der Waals surface area contributed by atoms with Gasteiger partial charge in [-0.25, -0.2) is 0 Å². The van der Waals surface area contributed by atoms with Gasteiger partial charge in [0, 0.05) is 38.7 Å². The van der Waals surface area contributed by atoms with E-state index >= 15 is 0 Å². The van der Waals surface area contributed by atoms with Crippen molar-refractivity contribution in [3.63, 3.8) is 0 Å². The first-order valence-electron chi connectivity index (χ1n) is 13.3. The third-order valence-electron chi connectivity index (χ3n) is 8.33. The van der Waals surface area contributed by atoms with Crippen LogP contribution in [0.3, 0.4) is 0 Å². The van der Waals surface area contributed by atoms with Crippen LogP contribution in [-0.2, 0) is 4.79 Å². The third-order valence-corrected chi connectivity index (χ3v) is 8.56. The SMILES string of the molecule is CCOc1ccccc1[C@@H]1[C@@H](C(=O)C(C)(C)C)N2c3ccc(Cl)cc3C=C[C@H]2C12C(=O)c1ccccc1C2=O. The Bertz CT molecular complexity index is 1530. The van der Waals surface area contributed by atoms with E-state index in [4.69, 9.17) is 16.3 Å². The maximum absolute atomic E-state index is 14.7. The number of benzene rings is 3. The average molecular weight is 540 g/mol. The van der Waals surface area contributed by atoms with Crippen molar-refractivity contribution in [2.45, 2.75) is 45.7 Å². The highest BCUT2D eigenvalue weighted by atomic mass is 35.5. The van der Waals surface area contributed by atoms with Crippen molar-refractivity contribution >= 4 is 40.7 Å². The molecule has 0 saturated carbocycles. The number of carbonyl (C=O) groups is 3. The first-order chi connectivity index (χ1) is 18.6. The van der Waals surface area contributed by atoms with Gasteiger partial charge in [0.25, 0.3) is 0 Å². The Hall–Kier alpha value is -3.70. The predicted molar refractivity (Wildman–Crippen MR) is 153 cm³/mol. The maximum Gasteiger partial charge on any atom is 0.180 e. The molecule has 1 aliphatic carbocycles. The Kier molecular flexibility index (Phi) is 5.85. The van der Waals surface area contributed by atoms with Gasteiger partial charge in [0.2, 0.25) is 0 Å². The van der Waals surface area contributed by atoms with Crippen LogP contribution in [0, 0.1) is 10.8 Å². The van der Waals surface area contributed by atoms with E-state index in [9.17, 15) is 14.4 Å². The average Bonchev–Trinajstić information content (AvgIpc) is 3.34. The van der Waals surface area contributed by atoms with Crippen molar-refractivity contribution in [1.82, 2.24) is 0 Å². The van der Waals surface area contributed by atoms with Crippen molar-refractivity contribution in [3.8, 4) is 5.75 Å². The molecule has 3 atom stereocenters. The number of fused-ring (bicyclic) bond motifs is 5. The second kappa shape index (κ2) is 8.92. The number of hydrogen-bond donors (Lipinski definition) is 0. The number of Topliss-reactive ketones (excluding diaryl/α,β-unsaturated/α-hetero) is 3. The van der Waals surface area contributed by atoms with Crippen LogP contribution in [0.25, 0.3) is 6.08 Å². The van der Waals surface area contributed by atoms with Crippen LogP contribution >= 0.6 is 11.6 Å². The molecule has 0 bridgehead atoms. The molecule has 6 heteroatoms. The normalized spacial score (nSPS) is 22.6. The Morgan fingerprint density at radius 2 is 1.62 bits per heavy atom. The van der Waals surface area contributed by atoms with Gasteiger partial charge in [0.05, 0.1) is 18.7 Å². The molecular weight excluding hydrogens is 510 g/mol. The van der Waals surface area contributed by atoms with Gasteiger partial charge in [0.1, 0.15) is 11.2 Å². The van der Waals surface area contributed by atoms with Crippen molar-refractivity contribution in [2.24, 2.45) is 10.8 Å². The standard InChI is InChI=1S/C33H30ClNO4/c1-5-39-25-13-9-8-12-23(25)27-28(31(38)32(2,3)4)35-24-16-15-20(34)18-19(24)14-17-26(35)33(27)29(36)21-10-6-7-11-22(21)30(33)37/h6-18,26-28H,5H2,1-4H3/t26-,27+,28-/m0/s1. The zero-order valence-corrected chi connectivity index (χ0v) is 23.2. The van der Waals surface area contributed by atoms with Crippen LogP contribution in [0.2, 0.25) is 5.02 Å². The third kappa shape index (κ3) is 3.49. The zero-order valence-electron chi connectivity index (χ0n) is 22.4. The molecule has 6 rings (SSSR count). The fraction of sp³-hybridized carbons (Fsp3) is 0.303. The summed E-state index contributed by atoms with van der Waals surface area (Å²) in [5.74, 6) is -0.752. The summed E-state index contributed by atoms with van der Waals surface area (Å²) in [6.07, 6.45) is 3.83. The highest BCUT2D eigenvalue weighted by Crippen LogP contribution is 2.62. The summed E-state index contributed by atoms with van der Waals surface area (Å²) in [5, 5.41) is 0.572. The Labute approximate surface area is 233 Å². The minimum absolute atomic E-state index is 0.0477. The van der Waals surface area contributed by atoms with Crippen molar-refractivity contribution in [3.05, 3.63) is 100 Å². The molecule has 3 aromatic carbocycles. The highest BCUT2D eigenvalue weighted by Gasteiger charge is 2.72. The molecule has 0 unspecified atom stereocenters. The number of anilines is 1. The van der Waals surface area contributed by atoms with E-state index in [2.05, 4.69) is 0 Å². The van der Waals surface area contributed by atoms with Crippen molar-refractivity contribution < 1.29 is 19.1 Å². The number of nitrogens with zero attached hydrogens (tertiary/aromatic N) is 1. The van der Waals surface area contributed by atoms with Crippen LogP contribution < -0.4 is 9.64 Å². The van der Waals surface area contributed by atoms with Crippen molar-refractivity contribution in [2.75, 3.05) is 11.5 Å². The molecule has 3 aromatic rings. The summed E-state index contributed by atoms with van der Waals surface area (Å²) in [6, 6.07) is 18.6. The molecule has 0 amide bonds. The van der Waals surface area contributed by atoms with Crippen LogP contribution in [0.5, 0.6) is 5.75 Å². The van der Waals surface area contributed by atoms with Crippen molar-refractivity contribution in [1.29, 1.82) is 0 Å². The Balaban J connectivity index is 1.72. The Morgan fingerprint density at radius 1 is 0.974 bits per heavy atom. The molecule has 0 radical (unpaired) electrons. The Morgan fingerprint density at radius 3 is 2.26 bits per heavy atom. The monoisotopic (exact) mass is 539 g/mol. The maximum atomic E-state index is 14.7. The van der Waals surface area contributed by atoms with Gasteiger partial charge in [-0.05, 0) is 36.8 Å². The van der Waals surface area contributed by atoms with E-state index in [-0.39, 0.29) is 17.3 Å². The van der Waals surface area contributed by atoms with Crippen LogP contribution in [0.4, 0.5) is 5.69 Å². The fourth-order valence-corrected chi connectivity index (χ4v) is 6.94. The number of para-hydroxylation sites is 1. The van der Waals surface area contributed by atoms with E-state index in [0.717, 1.165) is 11.3 Å². The number of carbonyl (C=O) groups excluding carboxylic acids is 3. The summed E-state index contributed by atoms with van der Waals surface area (Å²) < 4.78 is 6.06. The second-order valence-corrected chi connectivity index (χ2v) is 11.9. The number of ketones is 3. The first kappa shape index (κ1) is 25.6. The highest BCUT2D eigenvalue weighted by molar-refractivity contribution is 6.32. The molecule has 1 fully saturated rings. The van der Waals surface area contributed by atoms with Gasteiger partial charge < -0.3 is 9.64 Å². The molecule has 0 aromatic heterocycles. The van der Waals surface area contributed by atoms with E-state index in [1.54, 1.807) is 30.3 Å². The molecule has 2 heterocycles. The summed E-state index contributed by atoms with van der Waals surface area (Å²) in [7, 11) is 0. The zero-order chi connectivity index (χ0) is 27.7. The summed E-state index contributed by atoms with van der Waals surface area (Å²) in [5.41, 5.74) is 0.827. The molecule has 2 aliphatic heterocycles. The molecular formula is C33H30ClNO4. The topological polar surface area (TPSA) is 63.7 Å². The smallest absolute Gasteiger partial charge is 0.180 e. The van der Waals surface area contributed by atoms with Gasteiger partial charge in [-0.1, -0.05) is 87.0 Å². The summed E-state index contributed by atoms with van der Waals surface area (Å²) in [4.78, 5) is 45.9. The molecule has 0 N–H and O–H groups in total. The minimum atomic E-state index is -1.55. The van der Waals surface area contributed by atoms with Gasteiger partial charge in [-0.15, -0.1) is 0 Å². The summed E-state index contributed by atoms with van der Waals surface area (Å²) >= 11 is 6.35. The molecule has 3 aliphatic rings. The van der Waals surface area contributed by atoms with Gasteiger partial charge >= 0.3 is 0 Å². The molecule has 1 saturated heterocycles. The van der Waals surface area contributed by atoms with Crippen LogP contribution in [0.15, 0.2) is 72.8 Å². The predicted octanol–water partition coefficient (Wildman–Crippen LogP) is 6.79. The lowest BCUT2D eigenvalue weighted by molar-refractivity contribution is -0.127. The molecule has 1 spiro atoms. The number of ether oxygens (including phenoxy) is 1. The van der Waals surface area contributed by atoms with Gasteiger partial charge in [-0.2, -0.15) is 0 Å². The van der Waals surface area contributed by atoms with Crippen LogP contribution in [-0.4, -0.2) is 36.0 Å². The number of rotatable bonds is 4. The largest absolute Gasteiger partial charge is 0.494 e. The number of hydrogen-bond acceptors (Lipinski definition) is 5. The molecule has 5 nitrogen and oxygen atoms in total. The summed E-state index contributed by atoms with van der Waals surface area (Å²) in [6.45, 7) is 7.96. The lowest BCUT2D eigenvalue weighted by Crippen LogP contribution is -2.49. The van der Waals surface area contributed by atoms with Crippen LogP contribution in [0.1, 0.15) is 65.5 Å². The van der Waals surface area contributed by atoms with E-state index in [1.807, 2.05) is 81.1 Å². The van der Waals surface area contributed by atoms with Gasteiger partial charge in [-0.3, -0.25) is 14.4 Å². The molecule has 39 heavy (non-hydrogen) atoms.